The lowest BCUT2D eigenvalue weighted by molar-refractivity contribution is 0.567. The van der Waals surface area contributed by atoms with E-state index in [0.29, 0.717) is 15.0 Å². The number of hydrogen-bond donors (Lipinski definition) is 1. The number of benzene rings is 1. The van der Waals surface area contributed by atoms with E-state index in [1.54, 1.807) is 0 Å². The molecule has 90 valence electrons. The van der Waals surface area contributed by atoms with Crippen LogP contribution in [0.5, 0.6) is 0 Å². The third-order valence-corrected chi connectivity index (χ3v) is 3.46. The fraction of sp³-hybridized carbons (Fsp3) is 0. The average Bonchev–Trinajstić information content (AvgIpc) is 2.72. The Morgan fingerprint density at radius 3 is 2.67 bits per heavy atom. The van der Waals surface area contributed by atoms with Gasteiger partial charge in [-0.15, -0.1) is 0 Å². The van der Waals surface area contributed by atoms with Crippen LogP contribution in [-0.4, -0.2) is 4.98 Å². The van der Waals surface area contributed by atoms with Crippen molar-refractivity contribution < 1.29 is 8.81 Å². The zero-order valence-corrected chi connectivity index (χ0v) is 11.2. The van der Waals surface area contributed by atoms with Gasteiger partial charge in [0.2, 0.25) is 11.1 Å². The molecule has 0 spiro atoms. The standard InChI is InChI=1S/C13H7FINO2/c14-8-6-16-13-10(11(8)17)9(12(15)18-13)7-4-2-1-3-5-7/h1-6H,(H,16,17). The van der Waals surface area contributed by atoms with Crippen molar-refractivity contribution in [1.29, 1.82) is 0 Å². The molecule has 18 heavy (non-hydrogen) atoms. The van der Waals surface area contributed by atoms with E-state index in [1.807, 2.05) is 52.9 Å². The minimum atomic E-state index is -0.808. The topological polar surface area (TPSA) is 46.0 Å². The predicted octanol–water partition coefficient (Wildman–Crippen LogP) is 3.53. The second-order valence-corrected chi connectivity index (χ2v) is 4.77. The minimum absolute atomic E-state index is 0.255. The number of aromatic amines is 1. The Labute approximate surface area is 115 Å². The van der Waals surface area contributed by atoms with Gasteiger partial charge in [-0.3, -0.25) is 4.79 Å². The number of aromatic nitrogens is 1. The summed E-state index contributed by atoms with van der Waals surface area (Å²) in [6, 6.07) is 9.31. The van der Waals surface area contributed by atoms with Crippen LogP contribution in [-0.2, 0) is 0 Å². The zero-order valence-electron chi connectivity index (χ0n) is 9.04. The highest BCUT2D eigenvalue weighted by Gasteiger charge is 2.18. The second kappa shape index (κ2) is 4.24. The maximum absolute atomic E-state index is 13.4. The first kappa shape index (κ1) is 11.5. The zero-order chi connectivity index (χ0) is 12.7. The molecule has 3 aromatic rings. The molecule has 0 aliphatic heterocycles. The quantitative estimate of drug-likeness (QED) is 0.679. The van der Waals surface area contributed by atoms with Gasteiger partial charge in [0.1, 0.15) is 0 Å². The predicted molar refractivity (Wildman–Crippen MR) is 74.9 cm³/mol. The molecular weight excluding hydrogens is 348 g/mol. The smallest absolute Gasteiger partial charge is 0.229 e. The molecule has 2 heterocycles. The lowest BCUT2D eigenvalue weighted by atomic mass is 10.1. The van der Waals surface area contributed by atoms with Crippen molar-refractivity contribution >= 4 is 33.7 Å². The molecule has 1 N–H and O–H groups in total. The van der Waals surface area contributed by atoms with Crippen molar-refractivity contribution in [3.8, 4) is 11.1 Å². The van der Waals surface area contributed by atoms with Gasteiger partial charge in [0.15, 0.2) is 9.58 Å². The number of pyridine rings is 1. The van der Waals surface area contributed by atoms with E-state index in [2.05, 4.69) is 4.98 Å². The minimum Gasteiger partial charge on any atom is -0.433 e. The molecular formula is C13H7FINO2. The summed E-state index contributed by atoms with van der Waals surface area (Å²) in [7, 11) is 0. The lowest BCUT2D eigenvalue weighted by Crippen LogP contribution is -2.06. The van der Waals surface area contributed by atoms with Crippen molar-refractivity contribution in [2.75, 3.05) is 0 Å². The van der Waals surface area contributed by atoms with Crippen LogP contribution in [0.4, 0.5) is 4.39 Å². The molecule has 3 rings (SSSR count). The number of furan rings is 1. The van der Waals surface area contributed by atoms with Crippen LogP contribution < -0.4 is 5.43 Å². The highest BCUT2D eigenvalue weighted by atomic mass is 127. The summed E-state index contributed by atoms with van der Waals surface area (Å²) in [5.41, 5.74) is 1.11. The van der Waals surface area contributed by atoms with Crippen LogP contribution in [0.1, 0.15) is 0 Å². The van der Waals surface area contributed by atoms with Crippen LogP contribution in [0.3, 0.4) is 0 Å². The van der Waals surface area contributed by atoms with E-state index in [0.717, 1.165) is 11.8 Å². The molecule has 0 radical (unpaired) electrons. The first-order valence-corrected chi connectivity index (χ1v) is 6.31. The number of rotatable bonds is 1. The van der Waals surface area contributed by atoms with Crippen LogP contribution >= 0.6 is 22.6 Å². The fourth-order valence-electron chi connectivity index (χ4n) is 1.90. The van der Waals surface area contributed by atoms with E-state index in [4.69, 9.17) is 4.42 Å². The van der Waals surface area contributed by atoms with E-state index < -0.39 is 11.2 Å². The monoisotopic (exact) mass is 355 g/mol. The maximum atomic E-state index is 13.4. The molecule has 0 amide bonds. The van der Waals surface area contributed by atoms with Crippen LogP contribution in [0.25, 0.3) is 22.2 Å². The molecule has 0 atom stereocenters. The lowest BCUT2D eigenvalue weighted by Gasteiger charge is -1.98. The molecule has 5 heteroatoms. The van der Waals surface area contributed by atoms with Crippen molar-refractivity contribution in [1.82, 2.24) is 4.98 Å². The summed E-state index contributed by atoms with van der Waals surface area (Å²) < 4.78 is 19.4. The van der Waals surface area contributed by atoms with Gasteiger partial charge in [-0.05, 0) is 5.56 Å². The molecule has 0 saturated carbocycles. The number of hydrogen-bond acceptors (Lipinski definition) is 2. The first-order chi connectivity index (χ1) is 8.68. The van der Waals surface area contributed by atoms with E-state index >= 15 is 0 Å². The van der Waals surface area contributed by atoms with E-state index in [9.17, 15) is 9.18 Å². The highest BCUT2D eigenvalue weighted by molar-refractivity contribution is 14.1. The number of nitrogens with one attached hydrogen (secondary N) is 1. The van der Waals surface area contributed by atoms with Crippen molar-refractivity contribution in [2.45, 2.75) is 0 Å². The highest BCUT2D eigenvalue weighted by Crippen LogP contribution is 2.32. The molecule has 3 nitrogen and oxygen atoms in total. The molecule has 1 aromatic carbocycles. The Hall–Kier alpha value is -1.63. The van der Waals surface area contributed by atoms with Gasteiger partial charge in [0, 0.05) is 34.4 Å². The SMILES string of the molecule is O=c1c(F)c[nH]c2oc(I)c(-c3ccccc3)c12. The summed E-state index contributed by atoms with van der Waals surface area (Å²) in [6.45, 7) is 0. The largest absolute Gasteiger partial charge is 0.433 e. The maximum Gasteiger partial charge on any atom is 0.229 e. The van der Waals surface area contributed by atoms with Crippen LogP contribution in [0.15, 0.2) is 45.7 Å². The molecule has 2 aromatic heterocycles. The molecule has 0 aliphatic carbocycles. The Balaban J connectivity index is 2.46. The fourth-order valence-corrected chi connectivity index (χ4v) is 2.70. The number of fused-ring (bicyclic) bond motifs is 1. The van der Waals surface area contributed by atoms with Gasteiger partial charge in [0.05, 0.1) is 5.39 Å². The van der Waals surface area contributed by atoms with Gasteiger partial charge in [0.25, 0.3) is 0 Å². The third kappa shape index (κ3) is 1.66. The van der Waals surface area contributed by atoms with Crippen LogP contribution in [0, 0.1) is 9.58 Å². The summed E-state index contributed by atoms with van der Waals surface area (Å²) >= 11 is 2.00. The number of halogens is 2. The summed E-state index contributed by atoms with van der Waals surface area (Å²) in [6.07, 6.45) is 1.01. The van der Waals surface area contributed by atoms with Gasteiger partial charge in [-0.25, -0.2) is 4.39 Å². The molecule has 0 aliphatic rings. The van der Waals surface area contributed by atoms with Crippen LogP contribution in [0.2, 0.25) is 0 Å². The van der Waals surface area contributed by atoms with Crippen molar-refractivity contribution in [3.05, 3.63) is 56.3 Å². The first-order valence-electron chi connectivity index (χ1n) is 5.23. The Morgan fingerprint density at radius 1 is 1.22 bits per heavy atom. The molecule has 0 fully saturated rings. The summed E-state index contributed by atoms with van der Waals surface area (Å²) in [4.78, 5) is 14.5. The summed E-state index contributed by atoms with van der Waals surface area (Å²) in [5, 5.41) is 0.255. The Kier molecular flexibility index (Phi) is 2.70. The molecule has 0 bridgehead atoms. The van der Waals surface area contributed by atoms with E-state index in [-0.39, 0.29) is 5.39 Å². The second-order valence-electron chi connectivity index (χ2n) is 3.79. The van der Waals surface area contributed by atoms with E-state index in [1.165, 1.54) is 0 Å². The van der Waals surface area contributed by atoms with Gasteiger partial charge < -0.3 is 9.40 Å². The third-order valence-electron chi connectivity index (χ3n) is 2.70. The molecule has 0 unspecified atom stereocenters. The Bertz CT molecular complexity index is 777. The van der Waals surface area contributed by atoms with Crippen molar-refractivity contribution in [2.24, 2.45) is 0 Å². The summed E-state index contributed by atoms with van der Waals surface area (Å²) in [5.74, 6) is -0.808. The molecule has 0 saturated heterocycles. The van der Waals surface area contributed by atoms with Gasteiger partial charge in [-0.2, -0.15) is 0 Å². The number of H-pyrrole nitrogens is 1. The normalized spacial score (nSPS) is 11.0. The van der Waals surface area contributed by atoms with Gasteiger partial charge >= 0.3 is 0 Å². The van der Waals surface area contributed by atoms with Crippen molar-refractivity contribution in [3.63, 3.8) is 0 Å². The Morgan fingerprint density at radius 2 is 1.94 bits per heavy atom. The average molecular weight is 355 g/mol. The van der Waals surface area contributed by atoms with Gasteiger partial charge in [-0.1, -0.05) is 30.3 Å².